The molecule has 0 radical (unpaired) electrons. The Morgan fingerprint density at radius 1 is 1.05 bits per heavy atom. The fraction of sp³-hybridized carbons (Fsp3) is 0.784. The highest BCUT2D eigenvalue weighted by Crippen LogP contribution is 2.88. The zero-order valence-corrected chi connectivity index (χ0v) is 27.9. The minimum atomic E-state index is -0.388. The molecular weight excluding hydrogens is 536 g/mol. The molecule has 6 unspecified atom stereocenters. The van der Waals surface area contributed by atoms with Crippen LogP contribution in [0.5, 0.6) is 0 Å². The Hall–Kier alpha value is -1.76. The standard InChI is InChI=1S/C37H56N2O4/c1-23(2)32(42)38-29-16-17-36-21-37(36)28(15-14-27(36)33(29,4)22-43-20-25-12-10-9-11-13-25)34(5)18-26(40)31(24(3)39(7)8)35(34,6)19-30(37)41/h9-13,23-24,26-29,31,40H,14-22H2,1-8H3,(H,38,42)/t24-,26+,27-,28?,29?,31?,33-,34-,35?,36?,37?/m0/s1. The average Bonchev–Trinajstić information content (AvgIpc) is 3.59. The zero-order valence-electron chi connectivity index (χ0n) is 27.9. The second-order valence-corrected chi connectivity index (χ2v) is 16.7. The molecule has 5 fully saturated rings. The molecule has 5 aliphatic rings. The Balaban J connectivity index is 1.33. The molecule has 5 aliphatic carbocycles. The van der Waals surface area contributed by atoms with E-state index in [-0.39, 0.29) is 63.0 Å². The van der Waals surface area contributed by atoms with Crippen molar-refractivity contribution in [3.8, 4) is 0 Å². The molecule has 2 spiro atoms. The molecule has 6 heteroatoms. The summed E-state index contributed by atoms with van der Waals surface area (Å²) in [6, 6.07) is 10.6. The maximum Gasteiger partial charge on any atom is 0.222 e. The lowest BCUT2D eigenvalue weighted by Crippen LogP contribution is -2.64. The first-order chi connectivity index (χ1) is 20.2. The van der Waals surface area contributed by atoms with E-state index in [1.54, 1.807) is 0 Å². The highest BCUT2D eigenvalue weighted by Gasteiger charge is 2.86. The predicted molar refractivity (Wildman–Crippen MR) is 169 cm³/mol. The second kappa shape index (κ2) is 10.4. The summed E-state index contributed by atoms with van der Waals surface area (Å²) in [6.45, 7) is 14.4. The maximum atomic E-state index is 14.7. The van der Waals surface area contributed by atoms with E-state index >= 15 is 0 Å². The van der Waals surface area contributed by atoms with Gasteiger partial charge in [-0.05, 0) is 93.2 Å². The normalized spacial score (nSPS) is 45.7. The van der Waals surface area contributed by atoms with Crippen LogP contribution in [0.4, 0.5) is 0 Å². The van der Waals surface area contributed by atoms with Gasteiger partial charge in [-0.1, -0.05) is 65.0 Å². The first kappa shape index (κ1) is 31.2. The van der Waals surface area contributed by atoms with Gasteiger partial charge in [-0.15, -0.1) is 0 Å². The van der Waals surface area contributed by atoms with Crippen LogP contribution in [0.2, 0.25) is 0 Å². The Kier molecular flexibility index (Phi) is 7.54. The lowest BCUT2D eigenvalue weighted by molar-refractivity contribution is -0.175. The molecule has 0 aliphatic heterocycles. The summed E-state index contributed by atoms with van der Waals surface area (Å²) in [6.07, 6.45) is 5.89. The van der Waals surface area contributed by atoms with Crippen LogP contribution in [-0.2, 0) is 20.9 Å². The van der Waals surface area contributed by atoms with E-state index in [1.807, 2.05) is 32.0 Å². The summed E-state index contributed by atoms with van der Waals surface area (Å²) in [7, 11) is 4.20. The van der Waals surface area contributed by atoms with Crippen LogP contribution in [0.15, 0.2) is 30.3 Å². The highest BCUT2D eigenvalue weighted by molar-refractivity contribution is 5.92. The van der Waals surface area contributed by atoms with Crippen LogP contribution >= 0.6 is 0 Å². The van der Waals surface area contributed by atoms with Crippen molar-refractivity contribution in [1.82, 2.24) is 10.2 Å². The van der Waals surface area contributed by atoms with Crippen LogP contribution < -0.4 is 5.32 Å². The van der Waals surface area contributed by atoms with Crippen LogP contribution in [0, 0.1) is 50.7 Å². The number of Topliss-reactive ketones (excluding diaryl/α,β-unsaturated/α-hetero) is 1. The van der Waals surface area contributed by atoms with E-state index in [9.17, 15) is 14.7 Å². The molecule has 1 amide bonds. The van der Waals surface area contributed by atoms with E-state index in [2.05, 4.69) is 64.1 Å². The largest absolute Gasteiger partial charge is 0.393 e. The Bertz CT molecular complexity index is 1250. The number of ketones is 1. The topological polar surface area (TPSA) is 78.9 Å². The number of carbonyl (C=O) groups is 2. The number of carbonyl (C=O) groups excluding carboxylic acids is 2. The number of amides is 1. The van der Waals surface area contributed by atoms with Gasteiger partial charge in [0.2, 0.25) is 5.91 Å². The highest BCUT2D eigenvalue weighted by atomic mass is 16.5. The van der Waals surface area contributed by atoms with Crippen molar-refractivity contribution in [1.29, 1.82) is 0 Å². The number of nitrogens with one attached hydrogen (secondary N) is 1. The van der Waals surface area contributed by atoms with Gasteiger partial charge < -0.3 is 20.1 Å². The zero-order chi connectivity index (χ0) is 31.2. The third kappa shape index (κ3) is 4.21. The molecular formula is C37H56N2O4. The minimum absolute atomic E-state index is 0.0289. The van der Waals surface area contributed by atoms with Crippen molar-refractivity contribution in [2.24, 2.45) is 50.7 Å². The number of rotatable bonds is 8. The van der Waals surface area contributed by atoms with E-state index < -0.39 is 0 Å². The van der Waals surface area contributed by atoms with Gasteiger partial charge in [0.05, 0.1) is 19.3 Å². The van der Waals surface area contributed by atoms with Gasteiger partial charge in [-0.25, -0.2) is 0 Å². The smallest absolute Gasteiger partial charge is 0.222 e. The lowest BCUT2D eigenvalue weighted by Gasteiger charge is -2.63. The first-order valence-electron chi connectivity index (χ1n) is 17.0. The Labute approximate surface area is 259 Å². The van der Waals surface area contributed by atoms with Crippen molar-refractivity contribution >= 4 is 11.7 Å². The number of hydrogen-bond donors (Lipinski definition) is 2. The van der Waals surface area contributed by atoms with Crippen molar-refractivity contribution < 1.29 is 19.4 Å². The molecule has 6 nitrogen and oxygen atoms in total. The van der Waals surface area contributed by atoms with Crippen molar-refractivity contribution in [2.45, 2.75) is 111 Å². The minimum Gasteiger partial charge on any atom is -0.393 e. The fourth-order valence-corrected chi connectivity index (χ4v) is 11.9. The number of nitrogens with zero attached hydrogens (tertiary/aromatic N) is 1. The van der Waals surface area contributed by atoms with Crippen molar-refractivity contribution in [2.75, 3.05) is 20.7 Å². The van der Waals surface area contributed by atoms with Gasteiger partial charge >= 0.3 is 0 Å². The molecule has 0 heterocycles. The number of benzene rings is 1. The number of ether oxygens (including phenoxy) is 1. The summed E-state index contributed by atoms with van der Waals surface area (Å²) < 4.78 is 6.52. The van der Waals surface area contributed by atoms with Crippen molar-refractivity contribution in [3.05, 3.63) is 35.9 Å². The lowest BCUT2D eigenvalue weighted by atomic mass is 9.41. The van der Waals surface area contributed by atoms with E-state index in [0.717, 1.165) is 44.1 Å². The number of aliphatic hydroxyl groups excluding tert-OH is 1. The molecule has 6 rings (SSSR count). The monoisotopic (exact) mass is 592 g/mol. The molecule has 238 valence electrons. The van der Waals surface area contributed by atoms with Gasteiger partial charge in [0, 0.05) is 41.2 Å². The van der Waals surface area contributed by atoms with Gasteiger partial charge in [0.15, 0.2) is 0 Å². The summed E-state index contributed by atoms with van der Waals surface area (Å²) in [4.78, 5) is 30.0. The molecule has 43 heavy (non-hydrogen) atoms. The van der Waals surface area contributed by atoms with E-state index in [0.29, 0.717) is 37.3 Å². The third-order valence-electron chi connectivity index (χ3n) is 14.4. The molecule has 1 aromatic carbocycles. The molecule has 5 saturated carbocycles. The molecule has 0 aromatic heterocycles. The summed E-state index contributed by atoms with van der Waals surface area (Å²) in [5.74, 6) is 1.19. The van der Waals surface area contributed by atoms with Crippen molar-refractivity contribution in [3.63, 3.8) is 0 Å². The Morgan fingerprint density at radius 3 is 2.37 bits per heavy atom. The van der Waals surface area contributed by atoms with Gasteiger partial charge in [-0.2, -0.15) is 0 Å². The number of aliphatic hydroxyl groups is 1. The van der Waals surface area contributed by atoms with Gasteiger partial charge in [0.1, 0.15) is 5.78 Å². The molecule has 1 aromatic rings. The van der Waals surface area contributed by atoms with Gasteiger partial charge in [0.25, 0.3) is 0 Å². The van der Waals surface area contributed by atoms with Crippen LogP contribution in [0.25, 0.3) is 0 Å². The third-order valence-corrected chi connectivity index (χ3v) is 14.4. The molecule has 2 N–H and O–H groups in total. The predicted octanol–water partition coefficient (Wildman–Crippen LogP) is 5.86. The SMILES string of the molecule is CC(C)C(=O)NC1CCC23CC24C(=O)CC2(C)C([C@H](C)N(C)C)[C@H](O)C[C@@]2(C)C4CC[C@H]3[C@]1(C)COCc1ccccc1. The van der Waals surface area contributed by atoms with Crippen LogP contribution in [0.3, 0.4) is 0 Å². The quantitative estimate of drug-likeness (QED) is 0.395. The molecule has 0 saturated heterocycles. The number of hydrogen-bond acceptors (Lipinski definition) is 5. The summed E-state index contributed by atoms with van der Waals surface area (Å²) in [5, 5.41) is 15.1. The first-order valence-corrected chi connectivity index (χ1v) is 17.0. The summed E-state index contributed by atoms with van der Waals surface area (Å²) in [5.41, 5.74) is 0.273. The van der Waals surface area contributed by atoms with Gasteiger partial charge in [-0.3, -0.25) is 9.59 Å². The van der Waals surface area contributed by atoms with E-state index in [4.69, 9.17) is 4.74 Å². The molecule has 0 bridgehead atoms. The fourth-order valence-electron chi connectivity index (χ4n) is 11.9. The van der Waals surface area contributed by atoms with E-state index in [1.165, 1.54) is 0 Å². The molecule has 11 atom stereocenters. The maximum absolute atomic E-state index is 14.7. The summed E-state index contributed by atoms with van der Waals surface area (Å²) >= 11 is 0. The van der Waals surface area contributed by atoms with Crippen LogP contribution in [-0.4, -0.2) is 60.6 Å². The average molecular weight is 593 g/mol. The number of fused-ring (bicyclic) bond motifs is 2. The Morgan fingerprint density at radius 2 is 1.72 bits per heavy atom. The second-order valence-electron chi connectivity index (χ2n) is 16.7. The van der Waals surface area contributed by atoms with Crippen LogP contribution in [0.1, 0.15) is 92.1 Å².